The van der Waals surface area contributed by atoms with E-state index < -0.39 is 6.10 Å². The summed E-state index contributed by atoms with van der Waals surface area (Å²) >= 11 is 0. The van der Waals surface area contributed by atoms with Crippen LogP contribution in [-0.4, -0.2) is 18.6 Å². The van der Waals surface area contributed by atoms with Crippen molar-refractivity contribution in [3.05, 3.63) is 42.5 Å². The van der Waals surface area contributed by atoms with Crippen molar-refractivity contribution in [2.75, 3.05) is 6.54 Å². The molecule has 1 unspecified atom stereocenters. The number of hydrogen-bond donors (Lipinski definition) is 1. The molecule has 2 aromatic rings. The van der Waals surface area contributed by atoms with Gasteiger partial charge in [0.2, 0.25) is 0 Å². The van der Waals surface area contributed by atoms with Gasteiger partial charge in [-0.25, -0.2) is 0 Å². The highest BCUT2D eigenvalue weighted by Gasteiger charge is 2.17. The van der Waals surface area contributed by atoms with Gasteiger partial charge in [-0.3, -0.25) is 4.79 Å². The van der Waals surface area contributed by atoms with Crippen molar-refractivity contribution in [1.82, 2.24) is 5.32 Å². The minimum Gasteiger partial charge on any atom is -0.481 e. The number of unbranched alkanes of at least 4 members (excludes halogenated alkanes) is 1. The quantitative estimate of drug-likeness (QED) is 0.783. The van der Waals surface area contributed by atoms with E-state index in [-0.39, 0.29) is 5.91 Å². The molecule has 0 saturated heterocycles. The van der Waals surface area contributed by atoms with Crippen molar-refractivity contribution >= 4 is 16.7 Å². The Morgan fingerprint density at radius 2 is 1.90 bits per heavy atom. The van der Waals surface area contributed by atoms with Gasteiger partial charge in [0.05, 0.1) is 0 Å². The second-order valence-corrected chi connectivity index (χ2v) is 5.17. The molecule has 0 fully saturated rings. The summed E-state index contributed by atoms with van der Waals surface area (Å²) in [4.78, 5) is 12.1. The number of ether oxygens (including phenoxy) is 1. The molecular formula is C18H23NO2. The Hall–Kier alpha value is -2.03. The molecule has 3 heteroatoms. The van der Waals surface area contributed by atoms with Crippen molar-refractivity contribution in [2.24, 2.45) is 0 Å². The molecule has 2 aromatic carbocycles. The van der Waals surface area contributed by atoms with Crippen LogP contribution in [0, 0.1) is 0 Å². The first-order valence-electron chi connectivity index (χ1n) is 7.67. The maximum atomic E-state index is 12.1. The summed E-state index contributed by atoms with van der Waals surface area (Å²) in [5, 5.41) is 5.22. The number of hydrogen-bond acceptors (Lipinski definition) is 2. The molecule has 1 N–H and O–H groups in total. The molecule has 0 aromatic heterocycles. The Bertz CT molecular complexity index is 595. The van der Waals surface area contributed by atoms with E-state index in [1.54, 1.807) is 0 Å². The standard InChI is InChI=1S/C18H23NO2/c1-3-5-12-19-18(20)17(4-2)21-16-11-10-14-8-6-7-9-15(14)13-16/h6-11,13,17H,3-5,12H2,1-2H3,(H,19,20). The summed E-state index contributed by atoms with van der Waals surface area (Å²) in [7, 11) is 0. The van der Waals surface area contributed by atoms with Gasteiger partial charge in [0.25, 0.3) is 5.91 Å². The van der Waals surface area contributed by atoms with Crippen LogP contribution in [-0.2, 0) is 4.79 Å². The minimum atomic E-state index is -0.428. The van der Waals surface area contributed by atoms with Crippen molar-refractivity contribution in [3.8, 4) is 5.75 Å². The molecule has 0 aliphatic heterocycles. The summed E-state index contributed by atoms with van der Waals surface area (Å²) in [6.45, 7) is 4.78. The molecule has 0 aliphatic rings. The number of fused-ring (bicyclic) bond motifs is 1. The van der Waals surface area contributed by atoms with Crippen LogP contribution in [0.2, 0.25) is 0 Å². The van der Waals surface area contributed by atoms with Gasteiger partial charge in [-0.15, -0.1) is 0 Å². The van der Waals surface area contributed by atoms with Crippen LogP contribution in [0.5, 0.6) is 5.75 Å². The zero-order valence-electron chi connectivity index (χ0n) is 12.8. The monoisotopic (exact) mass is 285 g/mol. The van der Waals surface area contributed by atoms with Crippen molar-refractivity contribution in [3.63, 3.8) is 0 Å². The lowest BCUT2D eigenvalue weighted by Crippen LogP contribution is -2.38. The molecule has 2 rings (SSSR count). The molecule has 0 aliphatic carbocycles. The number of amides is 1. The third-order valence-electron chi connectivity index (χ3n) is 3.49. The largest absolute Gasteiger partial charge is 0.481 e. The second kappa shape index (κ2) is 7.67. The van der Waals surface area contributed by atoms with Crippen LogP contribution in [0.3, 0.4) is 0 Å². The van der Waals surface area contributed by atoms with E-state index in [9.17, 15) is 4.79 Å². The molecular weight excluding hydrogens is 262 g/mol. The van der Waals surface area contributed by atoms with Crippen LogP contribution >= 0.6 is 0 Å². The van der Waals surface area contributed by atoms with Crippen LogP contribution < -0.4 is 10.1 Å². The van der Waals surface area contributed by atoms with Gasteiger partial charge in [0, 0.05) is 6.54 Å². The van der Waals surface area contributed by atoms with Gasteiger partial charge < -0.3 is 10.1 Å². The molecule has 0 radical (unpaired) electrons. The minimum absolute atomic E-state index is 0.0286. The third-order valence-corrected chi connectivity index (χ3v) is 3.49. The molecule has 112 valence electrons. The lowest BCUT2D eigenvalue weighted by molar-refractivity contribution is -0.128. The van der Waals surface area contributed by atoms with Gasteiger partial charge in [0.1, 0.15) is 5.75 Å². The topological polar surface area (TPSA) is 38.3 Å². The summed E-state index contributed by atoms with van der Waals surface area (Å²) in [6, 6.07) is 14.0. The Kier molecular flexibility index (Phi) is 5.61. The zero-order chi connectivity index (χ0) is 15.1. The normalized spacial score (nSPS) is 12.1. The first-order valence-corrected chi connectivity index (χ1v) is 7.67. The lowest BCUT2D eigenvalue weighted by atomic mass is 10.1. The highest BCUT2D eigenvalue weighted by molar-refractivity contribution is 5.84. The van der Waals surface area contributed by atoms with Gasteiger partial charge >= 0.3 is 0 Å². The highest BCUT2D eigenvalue weighted by Crippen LogP contribution is 2.22. The fourth-order valence-corrected chi connectivity index (χ4v) is 2.23. The maximum Gasteiger partial charge on any atom is 0.261 e. The predicted octanol–water partition coefficient (Wildman–Crippen LogP) is 3.91. The third kappa shape index (κ3) is 4.22. The Labute approximate surface area is 126 Å². The van der Waals surface area contributed by atoms with E-state index in [4.69, 9.17) is 4.74 Å². The van der Waals surface area contributed by atoms with E-state index >= 15 is 0 Å². The predicted molar refractivity (Wildman–Crippen MR) is 86.6 cm³/mol. The summed E-state index contributed by atoms with van der Waals surface area (Å²) in [5.41, 5.74) is 0. The van der Waals surface area contributed by atoms with E-state index in [1.165, 1.54) is 5.39 Å². The average molecular weight is 285 g/mol. The number of benzene rings is 2. The molecule has 21 heavy (non-hydrogen) atoms. The summed E-state index contributed by atoms with van der Waals surface area (Å²) in [5.74, 6) is 0.713. The van der Waals surface area contributed by atoms with Gasteiger partial charge in [-0.1, -0.05) is 50.6 Å². The van der Waals surface area contributed by atoms with E-state index in [0.717, 1.165) is 24.0 Å². The van der Waals surface area contributed by atoms with Crippen molar-refractivity contribution < 1.29 is 9.53 Å². The summed E-state index contributed by atoms with van der Waals surface area (Å²) in [6.07, 6.45) is 2.30. The van der Waals surface area contributed by atoms with Gasteiger partial charge in [0.15, 0.2) is 6.10 Å². The van der Waals surface area contributed by atoms with E-state index in [1.807, 2.05) is 43.3 Å². The first kappa shape index (κ1) is 15.4. The molecule has 0 spiro atoms. The summed E-state index contributed by atoms with van der Waals surface area (Å²) < 4.78 is 5.85. The molecule has 0 heterocycles. The number of rotatable bonds is 7. The fourth-order valence-electron chi connectivity index (χ4n) is 2.23. The van der Waals surface area contributed by atoms with E-state index in [0.29, 0.717) is 13.0 Å². The second-order valence-electron chi connectivity index (χ2n) is 5.17. The Morgan fingerprint density at radius 1 is 1.14 bits per heavy atom. The molecule has 0 bridgehead atoms. The van der Waals surface area contributed by atoms with Gasteiger partial charge in [-0.05, 0) is 35.7 Å². The SMILES string of the molecule is CCCCNC(=O)C(CC)Oc1ccc2ccccc2c1. The fraction of sp³-hybridized carbons (Fsp3) is 0.389. The van der Waals surface area contributed by atoms with Crippen LogP contribution in [0.1, 0.15) is 33.1 Å². The highest BCUT2D eigenvalue weighted by atomic mass is 16.5. The van der Waals surface area contributed by atoms with Crippen molar-refractivity contribution in [1.29, 1.82) is 0 Å². The van der Waals surface area contributed by atoms with Crippen LogP contribution in [0.15, 0.2) is 42.5 Å². The van der Waals surface area contributed by atoms with Gasteiger partial charge in [-0.2, -0.15) is 0 Å². The maximum absolute atomic E-state index is 12.1. The van der Waals surface area contributed by atoms with Crippen molar-refractivity contribution in [2.45, 2.75) is 39.2 Å². The molecule has 3 nitrogen and oxygen atoms in total. The smallest absolute Gasteiger partial charge is 0.261 e. The van der Waals surface area contributed by atoms with Crippen LogP contribution in [0.4, 0.5) is 0 Å². The van der Waals surface area contributed by atoms with E-state index in [2.05, 4.69) is 18.3 Å². The molecule has 0 saturated carbocycles. The Morgan fingerprint density at radius 3 is 2.62 bits per heavy atom. The number of carbonyl (C=O) groups is 1. The number of nitrogens with one attached hydrogen (secondary N) is 1. The lowest BCUT2D eigenvalue weighted by Gasteiger charge is -2.17. The first-order chi connectivity index (χ1) is 10.2. The average Bonchev–Trinajstić information content (AvgIpc) is 2.52. The Balaban J connectivity index is 2.04. The number of carbonyl (C=O) groups excluding carboxylic acids is 1. The van der Waals surface area contributed by atoms with Crippen LogP contribution in [0.25, 0.3) is 10.8 Å². The zero-order valence-corrected chi connectivity index (χ0v) is 12.8. The molecule has 1 atom stereocenters. The molecule has 1 amide bonds.